The number of hydrogen-bond donors (Lipinski definition) is 1. The molecule has 0 aliphatic carbocycles. The first kappa shape index (κ1) is 5.52. The molecule has 0 saturated carbocycles. The van der Waals surface area contributed by atoms with Crippen molar-refractivity contribution in [1.29, 1.82) is 0 Å². The summed E-state index contributed by atoms with van der Waals surface area (Å²) < 4.78 is 10.9. The molecular formula is C7H10O3. The summed E-state index contributed by atoms with van der Waals surface area (Å²) in [6.45, 7) is 0.258. The summed E-state index contributed by atoms with van der Waals surface area (Å²) >= 11 is 0. The molecule has 0 radical (unpaired) electrons. The average molecular weight is 142 g/mol. The quantitative estimate of drug-likeness (QED) is 0.503. The number of aliphatic hydroxyl groups is 1. The van der Waals surface area contributed by atoms with E-state index in [0.717, 1.165) is 6.42 Å². The number of rotatable bonds is 1. The van der Waals surface area contributed by atoms with Crippen LogP contribution in [0.4, 0.5) is 0 Å². The van der Waals surface area contributed by atoms with Crippen LogP contribution in [0.5, 0.6) is 0 Å². The molecule has 0 aromatic rings. The van der Waals surface area contributed by atoms with Crippen LogP contribution >= 0.6 is 0 Å². The van der Waals surface area contributed by atoms with Crippen molar-refractivity contribution in [2.45, 2.75) is 30.8 Å². The second kappa shape index (κ2) is 1.55. The zero-order valence-corrected chi connectivity index (χ0v) is 5.56. The monoisotopic (exact) mass is 142 g/mol. The number of aliphatic hydroxyl groups excluding tert-OH is 1. The lowest BCUT2D eigenvalue weighted by molar-refractivity contribution is 0.00587. The molecule has 3 heterocycles. The van der Waals surface area contributed by atoms with Gasteiger partial charge >= 0.3 is 0 Å². The van der Waals surface area contributed by atoms with E-state index >= 15 is 0 Å². The molecule has 0 amide bonds. The molecule has 0 aromatic heterocycles. The van der Waals surface area contributed by atoms with E-state index in [9.17, 15) is 0 Å². The van der Waals surface area contributed by atoms with Crippen LogP contribution in [-0.2, 0) is 9.47 Å². The zero-order chi connectivity index (χ0) is 6.72. The highest BCUT2D eigenvalue weighted by atomic mass is 16.7. The zero-order valence-electron chi connectivity index (χ0n) is 5.56. The van der Waals surface area contributed by atoms with Gasteiger partial charge in [0.1, 0.15) is 12.2 Å². The van der Waals surface area contributed by atoms with Crippen molar-refractivity contribution in [3.8, 4) is 0 Å². The van der Waals surface area contributed by atoms with Gasteiger partial charge in [0.25, 0.3) is 0 Å². The number of ether oxygens (including phenoxy) is 2. The van der Waals surface area contributed by atoms with Gasteiger partial charge in [-0.1, -0.05) is 0 Å². The van der Waals surface area contributed by atoms with Crippen LogP contribution in [0.3, 0.4) is 0 Å². The average Bonchev–Trinajstić information content (AvgIpc) is 2.58. The van der Waals surface area contributed by atoms with E-state index in [2.05, 4.69) is 0 Å². The molecule has 10 heavy (non-hydrogen) atoms. The first-order valence-corrected chi connectivity index (χ1v) is 3.82. The van der Waals surface area contributed by atoms with Crippen molar-refractivity contribution in [2.75, 3.05) is 6.61 Å². The third kappa shape index (κ3) is 0.480. The van der Waals surface area contributed by atoms with Crippen molar-refractivity contribution in [3.63, 3.8) is 0 Å². The molecule has 3 saturated heterocycles. The van der Waals surface area contributed by atoms with Gasteiger partial charge < -0.3 is 14.6 Å². The topological polar surface area (TPSA) is 42.0 Å². The van der Waals surface area contributed by atoms with Crippen molar-refractivity contribution in [1.82, 2.24) is 0 Å². The van der Waals surface area contributed by atoms with E-state index < -0.39 is 0 Å². The van der Waals surface area contributed by atoms with Gasteiger partial charge in [-0.25, -0.2) is 0 Å². The highest BCUT2D eigenvalue weighted by Gasteiger charge is 2.64. The Kier molecular flexibility index (Phi) is 0.854. The van der Waals surface area contributed by atoms with Gasteiger partial charge in [0.2, 0.25) is 0 Å². The molecule has 1 N–H and O–H groups in total. The van der Waals surface area contributed by atoms with Crippen LogP contribution < -0.4 is 0 Å². The Hall–Kier alpha value is -0.120. The number of hydrogen-bond acceptors (Lipinski definition) is 3. The molecule has 2 bridgehead atoms. The number of fused-ring (bicyclic) bond motifs is 5. The number of epoxide rings is 1. The van der Waals surface area contributed by atoms with Crippen molar-refractivity contribution in [3.05, 3.63) is 0 Å². The van der Waals surface area contributed by atoms with E-state index in [1.165, 1.54) is 0 Å². The minimum atomic E-state index is 0.222. The minimum absolute atomic E-state index is 0.222. The van der Waals surface area contributed by atoms with Crippen LogP contribution in [0.25, 0.3) is 0 Å². The maximum absolute atomic E-state index is 8.89. The minimum Gasteiger partial charge on any atom is -0.396 e. The summed E-state index contributed by atoms with van der Waals surface area (Å²) in [5.41, 5.74) is 0. The fraction of sp³-hybridized carbons (Fsp3) is 1.00. The van der Waals surface area contributed by atoms with Crippen LogP contribution in [0.1, 0.15) is 6.42 Å². The second-order valence-electron chi connectivity index (χ2n) is 3.38. The molecule has 3 aliphatic rings. The lowest BCUT2D eigenvalue weighted by Gasteiger charge is -2.12. The van der Waals surface area contributed by atoms with Crippen LogP contribution in [0, 0.1) is 5.92 Å². The third-order valence-electron chi connectivity index (χ3n) is 2.82. The molecule has 56 valence electrons. The summed E-state index contributed by atoms with van der Waals surface area (Å²) in [6, 6.07) is 0. The van der Waals surface area contributed by atoms with Crippen LogP contribution in [-0.4, -0.2) is 36.1 Å². The van der Waals surface area contributed by atoms with Gasteiger partial charge in [-0.15, -0.1) is 0 Å². The van der Waals surface area contributed by atoms with Gasteiger partial charge in [0, 0.05) is 12.5 Å². The Bertz CT molecular complexity index is 170. The Morgan fingerprint density at radius 1 is 1.20 bits per heavy atom. The predicted molar refractivity (Wildman–Crippen MR) is 32.5 cm³/mol. The van der Waals surface area contributed by atoms with E-state index in [4.69, 9.17) is 14.6 Å². The SMILES string of the molecule is OC[C@@H]1C[C@H]2O[C@@H]1[C@H]1O[C@@H]12. The maximum atomic E-state index is 8.89. The summed E-state index contributed by atoms with van der Waals surface area (Å²) in [7, 11) is 0. The van der Waals surface area contributed by atoms with Gasteiger partial charge in [0.15, 0.2) is 0 Å². The Labute approximate surface area is 58.9 Å². The largest absolute Gasteiger partial charge is 0.396 e. The highest BCUT2D eigenvalue weighted by molar-refractivity contribution is 5.11. The Morgan fingerprint density at radius 2 is 2.10 bits per heavy atom. The van der Waals surface area contributed by atoms with Crippen LogP contribution in [0.15, 0.2) is 0 Å². The molecule has 0 aromatic carbocycles. The van der Waals surface area contributed by atoms with E-state index in [1.54, 1.807) is 0 Å². The first-order valence-electron chi connectivity index (χ1n) is 3.82. The molecule has 0 spiro atoms. The smallest absolute Gasteiger partial charge is 0.113 e. The molecular weight excluding hydrogens is 132 g/mol. The molecule has 5 atom stereocenters. The van der Waals surface area contributed by atoms with Crippen molar-refractivity contribution < 1.29 is 14.6 Å². The summed E-state index contributed by atoms with van der Waals surface area (Å²) in [5.74, 6) is 0.355. The summed E-state index contributed by atoms with van der Waals surface area (Å²) in [6.07, 6.45) is 2.28. The van der Waals surface area contributed by atoms with Crippen molar-refractivity contribution >= 4 is 0 Å². The normalized spacial score (nSPS) is 62.7. The summed E-state index contributed by atoms with van der Waals surface area (Å²) in [5, 5.41) is 8.89. The standard InChI is InChI=1S/C7H10O3/c8-2-3-1-4-6-7(10-6)5(3)9-4/h3-8H,1-2H2/t3-,4+,5-,6+,7+/m0/s1. The fourth-order valence-electron chi connectivity index (χ4n) is 2.24. The fourth-order valence-corrected chi connectivity index (χ4v) is 2.24. The lowest BCUT2D eigenvalue weighted by Crippen LogP contribution is -2.26. The Morgan fingerprint density at radius 3 is 2.70 bits per heavy atom. The maximum Gasteiger partial charge on any atom is 0.113 e. The molecule has 3 aliphatic heterocycles. The van der Waals surface area contributed by atoms with E-state index in [0.29, 0.717) is 24.2 Å². The lowest BCUT2D eigenvalue weighted by atomic mass is 9.90. The van der Waals surface area contributed by atoms with Gasteiger partial charge in [-0.05, 0) is 6.42 Å². The molecule has 0 unspecified atom stereocenters. The Balaban J connectivity index is 1.85. The van der Waals surface area contributed by atoms with E-state index in [1.807, 2.05) is 0 Å². The molecule has 3 rings (SSSR count). The first-order chi connectivity index (χ1) is 4.90. The van der Waals surface area contributed by atoms with Gasteiger partial charge in [-0.3, -0.25) is 0 Å². The van der Waals surface area contributed by atoms with E-state index in [-0.39, 0.29) is 12.7 Å². The second-order valence-corrected chi connectivity index (χ2v) is 3.38. The summed E-state index contributed by atoms with van der Waals surface area (Å²) in [4.78, 5) is 0. The molecule has 3 heteroatoms. The highest BCUT2D eigenvalue weighted by Crippen LogP contribution is 2.50. The van der Waals surface area contributed by atoms with Crippen molar-refractivity contribution in [2.24, 2.45) is 5.92 Å². The molecule has 3 fully saturated rings. The van der Waals surface area contributed by atoms with Gasteiger partial charge in [0.05, 0.1) is 12.2 Å². The predicted octanol–water partition coefficient (Wildman–Crippen LogP) is -0.467. The van der Waals surface area contributed by atoms with Gasteiger partial charge in [-0.2, -0.15) is 0 Å². The van der Waals surface area contributed by atoms with Crippen LogP contribution in [0.2, 0.25) is 0 Å². The third-order valence-corrected chi connectivity index (χ3v) is 2.82. The molecule has 3 nitrogen and oxygen atoms in total.